The van der Waals surface area contributed by atoms with Gasteiger partial charge in [0.2, 0.25) is 0 Å². The number of rotatable bonds is 7. The number of hydrogen-bond acceptors (Lipinski definition) is 6. The van der Waals surface area contributed by atoms with Crippen LogP contribution in [0.3, 0.4) is 0 Å². The lowest BCUT2D eigenvalue weighted by Gasteiger charge is -2.23. The van der Waals surface area contributed by atoms with E-state index in [9.17, 15) is 0 Å². The van der Waals surface area contributed by atoms with Crippen LogP contribution in [0.4, 0.5) is 5.82 Å². The topological polar surface area (TPSA) is 67.1 Å². The Balaban J connectivity index is 2.46. The highest BCUT2D eigenvalue weighted by atomic mass is 32.2. The van der Waals surface area contributed by atoms with Gasteiger partial charge in [0.25, 0.3) is 0 Å². The van der Waals surface area contributed by atoms with Crippen LogP contribution in [0.25, 0.3) is 0 Å². The Morgan fingerprint density at radius 1 is 1.47 bits per heavy atom. The Kier molecular flexibility index (Phi) is 6.25. The van der Waals surface area contributed by atoms with E-state index >= 15 is 0 Å². The lowest BCUT2D eigenvalue weighted by atomic mass is 10.2. The molecule has 1 aromatic rings. The highest BCUT2D eigenvalue weighted by Gasteiger charge is 2.10. The van der Waals surface area contributed by atoms with Crippen LogP contribution >= 0.6 is 11.8 Å². The lowest BCUT2D eigenvalue weighted by Crippen LogP contribution is -2.29. The third-order valence-electron chi connectivity index (χ3n) is 2.76. The second kappa shape index (κ2) is 7.47. The maximum absolute atomic E-state index is 5.24. The van der Waals surface area contributed by atoms with Gasteiger partial charge in [-0.25, -0.2) is 10.8 Å². The summed E-state index contributed by atoms with van der Waals surface area (Å²) >= 11 is 1.88. The minimum atomic E-state index is 0.552. The van der Waals surface area contributed by atoms with E-state index in [4.69, 9.17) is 5.84 Å². The summed E-state index contributed by atoms with van der Waals surface area (Å²) in [6.45, 7) is 3.05. The average molecular weight is 255 g/mol. The average Bonchev–Trinajstić information content (AvgIpc) is 2.36. The van der Waals surface area contributed by atoms with Gasteiger partial charge in [-0.2, -0.15) is 11.8 Å². The van der Waals surface area contributed by atoms with Gasteiger partial charge in [0.1, 0.15) is 0 Å². The number of hydrogen-bond donors (Lipinski definition) is 2. The summed E-state index contributed by atoms with van der Waals surface area (Å²) in [5, 5.41) is 0. The molecular formula is C11H21N5S. The first-order valence-electron chi connectivity index (χ1n) is 5.64. The number of hydrazine groups is 1. The molecule has 0 amide bonds. The molecule has 0 spiro atoms. The molecule has 1 aromatic heterocycles. The maximum Gasteiger partial charge on any atom is 0.158 e. The number of thioether (sulfide) groups is 1. The Hall–Kier alpha value is -0.850. The van der Waals surface area contributed by atoms with E-state index in [1.54, 1.807) is 12.4 Å². The number of nitrogens with zero attached hydrogens (tertiary/aromatic N) is 3. The van der Waals surface area contributed by atoms with E-state index in [2.05, 4.69) is 40.5 Å². The van der Waals surface area contributed by atoms with Gasteiger partial charge in [-0.15, -0.1) is 0 Å². The fraction of sp³-hybridized carbons (Fsp3) is 0.636. The van der Waals surface area contributed by atoms with E-state index in [-0.39, 0.29) is 0 Å². The van der Waals surface area contributed by atoms with Crippen molar-refractivity contribution in [2.75, 3.05) is 24.5 Å². The zero-order valence-electron chi connectivity index (χ0n) is 10.7. The van der Waals surface area contributed by atoms with E-state index in [1.807, 2.05) is 11.8 Å². The molecule has 6 heteroatoms. The van der Waals surface area contributed by atoms with Crippen molar-refractivity contribution in [2.24, 2.45) is 5.84 Å². The molecule has 0 fully saturated rings. The molecule has 0 aromatic carbocycles. The zero-order valence-corrected chi connectivity index (χ0v) is 11.5. The number of nitrogens with one attached hydrogen (secondary N) is 1. The first-order valence-corrected chi connectivity index (χ1v) is 7.03. The SMILES string of the molecule is CSCCC(C)N(C)Cc1cnc(NN)cn1. The molecule has 0 bridgehead atoms. The van der Waals surface area contributed by atoms with E-state index in [0.29, 0.717) is 11.9 Å². The molecule has 1 rings (SSSR count). The smallest absolute Gasteiger partial charge is 0.158 e. The molecule has 0 saturated carbocycles. The number of anilines is 1. The molecule has 3 N–H and O–H groups in total. The highest BCUT2D eigenvalue weighted by molar-refractivity contribution is 7.98. The Bertz CT molecular complexity index is 316. The Morgan fingerprint density at radius 3 is 2.76 bits per heavy atom. The predicted molar refractivity (Wildman–Crippen MR) is 73.8 cm³/mol. The van der Waals surface area contributed by atoms with Gasteiger partial charge >= 0.3 is 0 Å². The van der Waals surface area contributed by atoms with Gasteiger partial charge in [0.05, 0.1) is 18.1 Å². The van der Waals surface area contributed by atoms with E-state index in [1.165, 1.54) is 12.2 Å². The number of nitrogen functional groups attached to an aromatic ring is 1. The first kappa shape index (κ1) is 14.2. The van der Waals surface area contributed by atoms with Gasteiger partial charge < -0.3 is 5.43 Å². The summed E-state index contributed by atoms with van der Waals surface area (Å²) in [5.41, 5.74) is 3.43. The molecule has 96 valence electrons. The molecule has 0 saturated heterocycles. The summed E-state index contributed by atoms with van der Waals surface area (Å²) in [6, 6.07) is 0.552. The minimum absolute atomic E-state index is 0.552. The normalized spacial score (nSPS) is 12.8. The van der Waals surface area contributed by atoms with Crippen molar-refractivity contribution in [3.63, 3.8) is 0 Å². The van der Waals surface area contributed by atoms with E-state index < -0.39 is 0 Å². The summed E-state index contributed by atoms with van der Waals surface area (Å²) in [7, 11) is 2.11. The molecule has 1 atom stereocenters. The standard InChI is InChI=1S/C11H21N5S/c1-9(4-5-17-3)16(2)8-10-6-14-11(15-12)7-13-10/h6-7,9H,4-5,8,12H2,1-3H3,(H,14,15). The summed E-state index contributed by atoms with van der Waals surface area (Å²) in [4.78, 5) is 10.7. The molecular weight excluding hydrogens is 234 g/mol. The summed E-state index contributed by atoms with van der Waals surface area (Å²) in [6.07, 6.45) is 6.73. The van der Waals surface area contributed by atoms with Crippen molar-refractivity contribution in [1.82, 2.24) is 14.9 Å². The fourth-order valence-electron chi connectivity index (χ4n) is 1.43. The van der Waals surface area contributed by atoms with Crippen molar-refractivity contribution < 1.29 is 0 Å². The minimum Gasteiger partial charge on any atom is -0.307 e. The molecule has 0 aliphatic heterocycles. The van der Waals surface area contributed by atoms with Crippen molar-refractivity contribution in [2.45, 2.75) is 25.9 Å². The van der Waals surface area contributed by atoms with Gasteiger partial charge in [-0.3, -0.25) is 9.88 Å². The number of nitrogens with two attached hydrogens (primary N) is 1. The van der Waals surface area contributed by atoms with Gasteiger partial charge in [-0.05, 0) is 32.4 Å². The Morgan fingerprint density at radius 2 is 2.24 bits per heavy atom. The van der Waals surface area contributed by atoms with Crippen LogP contribution in [-0.2, 0) is 6.54 Å². The highest BCUT2D eigenvalue weighted by Crippen LogP contribution is 2.09. The summed E-state index contributed by atoms with van der Waals surface area (Å²) < 4.78 is 0. The van der Waals surface area contributed by atoms with Crippen molar-refractivity contribution in [1.29, 1.82) is 0 Å². The van der Waals surface area contributed by atoms with Gasteiger partial charge in [-0.1, -0.05) is 0 Å². The molecule has 0 aliphatic rings. The number of aromatic nitrogens is 2. The quantitative estimate of drug-likeness (QED) is 0.566. The van der Waals surface area contributed by atoms with Crippen LogP contribution in [-0.4, -0.2) is 40.0 Å². The van der Waals surface area contributed by atoms with Crippen molar-refractivity contribution >= 4 is 17.6 Å². The third-order valence-corrected chi connectivity index (χ3v) is 3.40. The Labute approximate surface area is 107 Å². The molecule has 0 radical (unpaired) electrons. The van der Waals surface area contributed by atoms with Crippen molar-refractivity contribution in [3.8, 4) is 0 Å². The summed E-state index contributed by atoms with van der Waals surface area (Å²) in [5.74, 6) is 7.02. The zero-order chi connectivity index (χ0) is 12.7. The lowest BCUT2D eigenvalue weighted by molar-refractivity contribution is 0.242. The van der Waals surface area contributed by atoms with Crippen LogP contribution in [0.5, 0.6) is 0 Å². The van der Waals surface area contributed by atoms with Crippen LogP contribution < -0.4 is 11.3 Å². The molecule has 0 aliphatic carbocycles. The largest absolute Gasteiger partial charge is 0.307 e. The molecule has 17 heavy (non-hydrogen) atoms. The maximum atomic E-state index is 5.24. The van der Waals surface area contributed by atoms with Crippen LogP contribution in [0.2, 0.25) is 0 Å². The van der Waals surface area contributed by atoms with Gasteiger partial charge in [0, 0.05) is 12.6 Å². The fourth-order valence-corrected chi connectivity index (χ4v) is 2.01. The molecule has 1 heterocycles. The van der Waals surface area contributed by atoms with E-state index in [0.717, 1.165) is 12.2 Å². The third kappa shape index (κ3) is 4.89. The second-order valence-corrected chi connectivity index (χ2v) is 5.07. The van der Waals surface area contributed by atoms with Crippen LogP contribution in [0.15, 0.2) is 12.4 Å². The predicted octanol–water partition coefficient (Wildman–Crippen LogP) is 1.34. The monoisotopic (exact) mass is 255 g/mol. The van der Waals surface area contributed by atoms with Crippen LogP contribution in [0, 0.1) is 0 Å². The van der Waals surface area contributed by atoms with Gasteiger partial charge in [0.15, 0.2) is 5.82 Å². The van der Waals surface area contributed by atoms with Crippen molar-refractivity contribution in [3.05, 3.63) is 18.1 Å². The molecule has 5 nitrogen and oxygen atoms in total. The van der Waals surface area contributed by atoms with Crippen LogP contribution in [0.1, 0.15) is 19.0 Å². The first-order chi connectivity index (χ1) is 8.17. The molecule has 1 unspecified atom stereocenters. The second-order valence-electron chi connectivity index (χ2n) is 4.08.